The van der Waals surface area contributed by atoms with E-state index in [2.05, 4.69) is 91.1 Å². The minimum Gasteiger partial charge on any atom is -0.493 e. The quantitative estimate of drug-likeness (QED) is 0.175. The molecular weight excluding hydrogens is 508 g/mol. The van der Waals surface area contributed by atoms with Crippen molar-refractivity contribution in [3.8, 4) is 5.75 Å². The van der Waals surface area contributed by atoms with Gasteiger partial charge in [0.25, 0.3) is 0 Å². The standard InChI is InChI=1S/C34H38N6O/c1-2-7-26(8-3-1)9-6-17-37-34-30-13-12-28(23-33(30)38-25-39-34)41-24-27-15-20-40(21-16-27)22-19-36-32-14-18-35-31-11-5-4-10-29(31)32/h1-5,7-8,10-14,18,23,25,27H,6,9,15-17,19-22,24H2,(H,35,36)(H,37,38,39). The molecule has 3 aromatic carbocycles. The van der Waals surface area contributed by atoms with Gasteiger partial charge in [-0.05, 0) is 74.5 Å². The lowest BCUT2D eigenvalue weighted by atomic mass is 9.98. The highest BCUT2D eigenvalue weighted by Crippen LogP contribution is 2.26. The van der Waals surface area contributed by atoms with Gasteiger partial charge in [-0.25, -0.2) is 9.97 Å². The Morgan fingerprint density at radius 1 is 0.780 bits per heavy atom. The molecule has 1 aliphatic heterocycles. The number of pyridine rings is 1. The third-order valence-corrected chi connectivity index (χ3v) is 7.97. The molecule has 0 spiro atoms. The molecule has 2 N–H and O–H groups in total. The highest BCUT2D eigenvalue weighted by Gasteiger charge is 2.19. The molecule has 6 rings (SSSR count). The predicted molar refractivity (Wildman–Crippen MR) is 168 cm³/mol. The number of nitrogens with one attached hydrogen (secondary N) is 2. The average Bonchev–Trinajstić information content (AvgIpc) is 3.03. The number of ether oxygens (including phenoxy) is 1. The topological polar surface area (TPSA) is 75.2 Å². The molecular formula is C34H38N6O. The summed E-state index contributed by atoms with van der Waals surface area (Å²) in [5, 5.41) is 9.31. The molecule has 210 valence electrons. The van der Waals surface area contributed by atoms with Crippen LogP contribution in [0.1, 0.15) is 24.8 Å². The van der Waals surface area contributed by atoms with Gasteiger partial charge in [-0.15, -0.1) is 0 Å². The molecule has 1 saturated heterocycles. The van der Waals surface area contributed by atoms with Crippen molar-refractivity contribution in [1.82, 2.24) is 19.9 Å². The summed E-state index contributed by atoms with van der Waals surface area (Å²) >= 11 is 0. The molecule has 0 amide bonds. The summed E-state index contributed by atoms with van der Waals surface area (Å²) in [5.41, 5.74) is 4.46. The van der Waals surface area contributed by atoms with Gasteiger partial charge in [-0.1, -0.05) is 48.5 Å². The van der Waals surface area contributed by atoms with Crippen LogP contribution < -0.4 is 15.4 Å². The fourth-order valence-electron chi connectivity index (χ4n) is 5.60. The van der Waals surface area contributed by atoms with Crippen LogP contribution in [0.2, 0.25) is 0 Å². The van der Waals surface area contributed by atoms with E-state index >= 15 is 0 Å². The zero-order chi connectivity index (χ0) is 27.7. The molecule has 3 heterocycles. The summed E-state index contributed by atoms with van der Waals surface area (Å²) in [5.74, 6) is 2.34. The minimum absolute atomic E-state index is 0.575. The number of rotatable bonds is 12. The van der Waals surface area contributed by atoms with Crippen molar-refractivity contribution in [2.75, 3.05) is 50.0 Å². The van der Waals surface area contributed by atoms with Gasteiger partial charge in [-0.2, -0.15) is 0 Å². The van der Waals surface area contributed by atoms with Crippen molar-refractivity contribution < 1.29 is 4.74 Å². The second kappa shape index (κ2) is 13.4. The number of piperidine rings is 1. The highest BCUT2D eigenvalue weighted by molar-refractivity contribution is 5.91. The van der Waals surface area contributed by atoms with Crippen LogP contribution in [0.5, 0.6) is 5.75 Å². The van der Waals surface area contributed by atoms with Crippen LogP contribution in [-0.2, 0) is 6.42 Å². The molecule has 0 aliphatic carbocycles. The van der Waals surface area contributed by atoms with Crippen molar-refractivity contribution in [3.63, 3.8) is 0 Å². The van der Waals surface area contributed by atoms with Crippen LogP contribution in [0.15, 0.2) is 91.4 Å². The molecule has 1 aliphatic rings. The van der Waals surface area contributed by atoms with Crippen LogP contribution in [0, 0.1) is 5.92 Å². The fraction of sp³-hybridized carbons (Fsp3) is 0.324. The Bertz CT molecular complexity index is 1550. The fourth-order valence-corrected chi connectivity index (χ4v) is 5.60. The van der Waals surface area contributed by atoms with Crippen molar-refractivity contribution in [2.45, 2.75) is 25.7 Å². The summed E-state index contributed by atoms with van der Waals surface area (Å²) in [6, 6.07) is 27.1. The number of likely N-dealkylation sites (tertiary alicyclic amines) is 1. The van der Waals surface area contributed by atoms with Crippen LogP contribution in [0.25, 0.3) is 21.8 Å². The van der Waals surface area contributed by atoms with Gasteiger partial charge in [0.1, 0.15) is 17.9 Å². The van der Waals surface area contributed by atoms with Gasteiger partial charge in [0, 0.05) is 48.4 Å². The van der Waals surface area contributed by atoms with E-state index in [-0.39, 0.29) is 0 Å². The van der Waals surface area contributed by atoms with E-state index in [1.807, 2.05) is 24.4 Å². The molecule has 7 nitrogen and oxygen atoms in total. The molecule has 0 radical (unpaired) electrons. The summed E-state index contributed by atoms with van der Waals surface area (Å²) in [6.45, 7) is 5.80. The summed E-state index contributed by atoms with van der Waals surface area (Å²) in [4.78, 5) is 16.0. The van der Waals surface area contributed by atoms with Crippen LogP contribution >= 0.6 is 0 Å². The molecule has 0 bridgehead atoms. The number of hydrogen-bond acceptors (Lipinski definition) is 7. The molecule has 41 heavy (non-hydrogen) atoms. The summed E-state index contributed by atoms with van der Waals surface area (Å²) in [7, 11) is 0. The first-order valence-corrected chi connectivity index (χ1v) is 14.8. The maximum atomic E-state index is 6.24. The third kappa shape index (κ3) is 7.11. The van der Waals surface area contributed by atoms with E-state index in [1.54, 1.807) is 6.33 Å². The Hall–Kier alpha value is -4.23. The predicted octanol–water partition coefficient (Wildman–Crippen LogP) is 6.43. The van der Waals surface area contributed by atoms with E-state index in [0.29, 0.717) is 5.92 Å². The molecule has 1 fully saturated rings. The lowest BCUT2D eigenvalue weighted by Crippen LogP contribution is -2.38. The number of aryl methyl sites for hydroxylation is 1. The molecule has 0 atom stereocenters. The number of hydrogen-bond donors (Lipinski definition) is 2. The number of nitrogens with zero attached hydrogens (tertiary/aromatic N) is 4. The zero-order valence-electron chi connectivity index (χ0n) is 23.5. The maximum Gasteiger partial charge on any atom is 0.137 e. The normalized spacial score (nSPS) is 14.3. The van der Waals surface area contributed by atoms with E-state index in [1.165, 1.54) is 10.9 Å². The highest BCUT2D eigenvalue weighted by atomic mass is 16.5. The van der Waals surface area contributed by atoms with E-state index in [9.17, 15) is 0 Å². The molecule has 0 saturated carbocycles. The lowest BCUT2D eigenvalue weighted by molar-refractivity contribution is 0.145. The Kier molecular flexibility index (Phi) is 8.82. The molecule has 7 heteroatoms. The summed E-state index contributed by atoms with van der Waals surface area (Å²) < 4.78 is 6.24. The Morgan fingerprint density at radius 2 is 1.63 bits per heavy atom. The van der Waals surface area contributed by atoms with Crippen LogP contribution in [0.4, 0.5) is 11.5 Å². The first kappa shape index (κ1) is 27.0. The second-order valence-electron chi connectivity index (χ2n) is 10.8. The monoisotopic (exact) mass is 546 g/mol. The number of fused-ring (bicyclic) bond motifs is 2. The smallest absolute Gasteiger partial charge is 0.137 e. The number of para-hydroxylation sites is 1. The van der Waals surface area contributed by atoms with Crippen molar-refractivity contribution in [1.29, 1.82) is 0 Å². The number of aromatic nitrogens is 3. The number of benzene rings is 3. The average molecular weight is 547 g/mol. The first-order chi connectivity index (χ1) is 20.3. The molecule has 2 aromatic heterocycles. The van der Waals surface area contributed by atoms with Crippen LogP contribution in [0.3, 0.4) is 0 Å². The van der Waals surface area contributed by atoms with Gasteiger partial charge in [0.2, 0.25) is 0 Å². The van der Waals surface area contributed by atoms with E-state index in [4.69, 9.17) is 4.74 Å². The summed E-state index contributed by atoms with van der Waals surface area (Å²) in [6.07, 6.45) is 7.92. The van der Waals surface area contributed by atoms with Gasteiger partial charge in [0.15, 0.2) is 0 Å². The zero-order valence-corrected chi connectivity index (χ0v) is 23.5. The van der Waals surface area contributed by atoms with Crippen molar-refractivity contribution in [2.24, 2.45) is 5.92 Å². The number of anilines is 2. The minimum atomic E-state index is 0.575. The largest absolute Gasteiger partial charge is 0.493 e. The van der Waals surface area contributed by atoms with Gasteiger partial charge in [-0.3, -0.25) is 4.98 Å². The van der Waals surface area contributed by atoms with Gasteiger partial charge >= 0.3 is 0 Å². The van der Waals surface area contributed by atoms with Gasteiger partial charge < -0.3 is 20.3 Å². The van der Waals surface area contributed by atoms with Crippen molar-refractivity contribution >= 4 is 33.3 Å². The molecule has 5 aromatic rings. The Morgan fingerprint density at radius 3 is 2.54 bits per heavy atom. The van der Waals surface area contributed by atoms with Crippen molar-refractivity contribution in [3.05, 3.63) is 97.0 Å². The lowest BCUT2D eigenvalue weighted by Gasteiger charge is -2.32. The first-order valence-electron chi connectivity index (χ1n) is 14.8. The van der Waals surface area contributed by atoms with E-state index < -0.39 is 0 Å². The maximum absolute atomic E-state index is 6.24. The van der Waals surface area contributed by atoms with E-state index in [0.717, 1.165) is 98.7 Å². The molecule has 0 unspecified atom stereocenters. The Labute approximate surface area is 242 Å². The van der Waals surface area contributed by atoms with Crippen LogP contribution in [-0.4, -0.2) is 59.2 Å². The van der Waals surface area contributed by atoms with Gasteiger partial charge in [0.05, 0.1) is 17.6 Å². The SMILES string of the molecule is c1ccc(CCCNc2ncnc3cc(OCC4CCN(CCNc5ccnc6ccccc56)CC4)ccc23)cc1. The second-order valence-corrected chi connectivity index (χ2v) is 10.8. The third-order valence-electron chi connectivity index (χ3n) is 7.97. The Balaban J connectivity index is 0.931.